The van der Waals surface area contributed by atoms with Crippen LogP contribution in [-0.2, 0) is 4.79 Å². The highest BCUT2D eigenvalue weighted by molar-refractivity contribution is 8.01. The number of thioether (sulfide) groups is 1. The molecule has 0 bridgehead atoms. The predicted octanol–water partition coefficient (Wildman–Crippen LogP) is 2.78. The highest BCUT2D eigenvalue weighted by Gasteiger charge is 2.43. The van der Waals surface area contributed by atoms with E-state index in [4.69, 9.17) is 0 Å². The minimum absolute atomic E-state index is 0.0653. The summed E-state index contributed by atoms with van der Waals surface area (Å²) in [5, 5.41) is 9.54. The van der Waals surface area contributed by atoms with Crippen molar-refractivity contribution in [2.75, 3.05) is 19.6 Å². The van der Waals surface area contributed by atoms with Gasteiger partial charge in [-0.15, -0.1) is 11.8 Å². The Balaban J connectivity index is 1.86. The van der Waals surface area contributed by atoms with Crippen LogP contribution in [-0.4, -0.2) is 41.8 Å². The van der Waals surface area contributed by atoms with Gasteiger partial charge in [-0.2, -0.15) is 0 Å². The van der Waals surface area contributed by atoms with Crippen molar-refractivity contribution >= 4 is 23.6 Å². The van der Waals surface area contributed by atoms with E-state index in [2.05, 4.69) is 45.2 Å². The molecule has 1 aliphatic rings. The second kappa shape index (κ2) is 8.61. The van der Waals surface area contributed by atoms with Crippen LogP contribution in [0.25, 0.3) is 0 Å². The Hall–Kier alpha value is -1.69. The van der Waals surface area contributed by atoms with Crippen LogP contribution in [0.4, 0.5) is 0 Å². The Morgan fingerprint density at radius 2 is 1.88 bits per heavy atom. The molecule has 25 heavy (non-hydrogen) atoms. The summed E-state index contributed by atoms with van der Waals surface area (Å²) < 4.78 is 0.241. The van der Waals surface area contributed by atoms with Crippen molar-refractivity contribution in [3.05, 3.63) is 30.3 Å². The first-order valence-electron chi connectivity index (χ1n) is 8.89. The average Bonchev–Trinajstić information content (AvgIpc) is 3.29. The maximum absolute atomic E-state index is 11.9. The predicted molar refractivity (Wildman–Crippen MR) is 106 cm³/mol. The normalized spacial score (nSPS) is 16.2. The fourth-order valence-corrected chi connectivity index (χ4v) is 3.63. The van der Waals surface area contributed by atoms with Crippen LogP contribution in [0.2, 0.25) is 0 Å². The molecule has 1 amide bonds. The van der Waals surface area contributed by atoms with Crippen molar-refractivity contribution in [2.24, 2.45) is 4.99 Å². The monoisotopic (exact) mass is 362 g/mol. The SMILES string of the molecule is CCNC(=NCC(=O)NC(C)(C)C)NCC1(Sc2ccccc2)CC1. The Morgan fingerprint density at radius 3 is 2.44 bits per heavy atom. The molecule has 0 aliphatic heterocycles. The van der Waals surface area contributed by atoms with Gasteiger partial charge in [0.25, 0.3) is 0 Å². The third kappa shape index (κ3) is 7.38. The molecule has 5 nitrogen and oxygen atoms in total. The Labute approximate surface area is 155 Å². The van der Waals surface area contributed by atoms with Crippen molar-refractivity contribution in [1.29, 1.82) is 0 Å². The Bertz CT molecular complexity index is 591. The van der Waals surface area contributed by atoms with Crippen LogP contribution in [0.5, 0.6) is 0 Å². The maximum atomic E-state index is 11.9. The first kappa shape index (κ1) is 19.6. The molecule has 1 aromatic carbocycles. The van der Waals surface area contributed by atoms with Crippen LogP contribution >= 0.6 is 11.8 Å². The van der Waals surface area contributed by atoms with Gasteiger partial charge in [-0.05, 0) is 52.7 Å². The maximum Gasteiger partial charge on any atom is 0.242 e. The zero-order valence-electron chi connectivity index (χ0n) is 15.7. The van der Waals surface area contributed by atoms with Crippen LogP contribution in [0.1, 0.15) is 40.5 Å². The first-order chi connectivity index (χ1) is 11.8. The minimum Gasteiger partial charge on any atom is -0.357 e. The molecule has 6 heteroatoms. The van der Waals surface area contributed by atoms with E-state index >= 15 is 0 Å². The summed E-state index contributed by atoms with van der Waals surface area (Å²) in [7, 11) is 0. The number of carbonyl (C=O) groups is 1. The number of hydrogen-bond donors (Lipinski definition) is 3. The third-order valence-electron chi connectivity index (χ3n) is 3.70. The van der Waals surface area contributed by atoms with Crippen molar-refractivity contribution in [2.45, 2.75) is 55.7 Å². The van der Waals surface area contributed by atoms with Crippen LogP contribution < -0.4 is 16.0 Å². The number of rotatable bonds is 7. The topological polar surface area (TPSA) is 65.5 Å². The quantitative estimate of drug-likeness (QED) is 0.515. The molecule has 1 aliphatic carbocycles. The Kier molecular flexibility index (Phi) is 6.76. The van der Waals surface area contributed by atoms with Crippen molar-refractivity contribution < 1.29 is 4.79 Å². The van der Waals surface area contributed by atoms with Crippen LogP contribution in [0, 0.1) is 0 Å². The van der Waals surface area contributed by atoms with E-state index in [9.17, 15) is 4.79 Å². The number of nitrogens with zero attached hydrogens (tertiary/aromatic N) is 1. The summed E-state index contributed by atoms with van der Waals surface area (Å²) in [5.74, 6) is 0.635. The minimum atomic E-state index is -0.233. The summed E-state index contributed by atoms with van der Waals surface area (Å²) in [5.41, 5.74) is -0.233. The third-order valence-corrected chi connectivity index (χ3v) is 5.20. The number of carbonyl (C=O) groups excluding carboxylic acids is 1. The second-order valence-corrected chi connectivity index (χ2v) is 8.99. The van der Waals surface area contributed by atoms with Gasteiger partial charge in [-0.1, -0.05) is 18.2 Å². The number of benzene rings is 1. The molecular formula is C19H30N4OS. The van der Waals surface area contributed by atoms with Crippen molar-refractivity contribution in [3.8, 4) is 0 Å². The molecule has 0 saturated heterocycles. The molecule has 3 N–H and O–H groups in total. The largest absolute Gasteiger partial charge is 0.357 e. The van der Waals surface area contributed by atoms with E-state index in [1.165, 1.54) is 17.7 Å². The van der Waals surface area contributed by atoms with Gasteiger partial charge in [0.15, 0.2) is 5.96 Å². The van der Waals surface area contributed by atoms with E-state index in [1.807, 2.05) is 45.5 Å². The number of aliphatic imine (C=N–C) groups is 1. The summed E-state index contributed by atoms with van der Waals surface area (Å²) in [6.45, 7) is 9.68. The van der Waals surface area contributed by atoms with Gasteiger partial charge < -0.3 is 16.0 Å². The summed E-state index contributed by atoms with van der Waals surface area (Å²) in [6, 6.07) is 10.5. The molecule has 0 unspecified atom stereocenters. The molecule has 1 fully saturated rings. The van der Waals surface area contributed by atoms with Gasteiger partial charge in [0.1, 0.15) is 6.54 Å². The van der Waals surface area contributed by atoms with Crippen LogP contribution in [0.3, 0.4) is 0 Å². The lowest BCUT2D eigenvalue weighted by atomic mass is 10.1. The fourth-order valence-electron chi connectivity index (χ4n) is 2.39. The standard InChI is InChI=1S/C19H30N4OS/c1-5-20-17(21-13-16(24)23-18(2,3)4)22-14-19(11-12-19)25-15-9-7-6-8-10-15/h6-10H,5,11-14H2,1-4H3,(H,23,24)(H2,20,21,22). The van der Waals surface area contributed by atoms with Gasteiger partial charge in [-0.25, -0.2) is 4.99 Å². The van der Waals surface area contributed by atoms with Gasteiger partial charge in [0, 0.05) is 28.3 Å². The lowest BCUT2D eigenvalue weighted by Crippen LogP contribution is -2.44. The zero-order valence-corrected chi connectivity index (χ0v) is 16.5. The van der Waals surface area contributed by atoms with Crippen molar-refractivity contribution in [1.82, 2.24) is 16.0 Å². The lowest BCUT2D eigenvalue weighted by Gasteiger charge is -2.20. The van der Waals surface area contributed by atoms with E-state index < -0.39 is 0 Å². The van der Waals surface area contributed by atoms with E-state index in [1.54, 1.807) is 0 Å². The molecule has 2 rings (SSSR count). The van der Waals surface area contributed by atoms with E-state index in [-0.39, 0.29) is 22.7 Å². The summed E-state index contributed by atoms with van der Waals surface area (Å²) in [4.78, 5) is 17.7. The fraction of sp³-hybridized carbons (Fsp3) is 0.579. The van der Waals surface area contributed by atoms with Gasteiger partial charge in [0.2, 0.25) is 5.91 Å². The second-order valence-electron chi connectivity index (χ2n) is 7.45. The molecule has 138 valence electrons. The average molecular weight is 363 g/mol. The molecule has 1 saturated carbocycles. The van der Waals surface area contributed by atoms with E-state index in [0.29, 0.717) is 5.96 Å². The molecule has 0 radical (unpaired) electrons. The molecule has 0 spiro atoms. The Morgan fingerprint density at radius 1 is 1.20 bits per heavy atom. The summed E-state index contributed by atoms with van der Waals surface area (Å²) >= 11 is 1.92. The van der Waals surface area contributed by atoms with Crippen molar-refractivity contribution in [3.63, 3.8) is 0 Å². The number of amides is 1. The first-order valence-corrected chi connectivity index (χ1v) is 9.71. The van der Waals surface area contributed by atoms with Gasteiger partial charge in [0.05, 0.1) is 0 Å². The zero-order chi connectivity index (χ0) is 18.3. The summed E-state index contributed by atoms with van der Waals surface area (Å²) in [6.07, 6.45) is 2.40. The van der Waals surface area contributed by atoms with Crippen LogP contribution in [0.15, 0.2) is 40.2 Å². The smallest absolute Gasteiger partial charge is 0.242 e. The lowest BCUT2D eigenvalue weighted by molar-refractivity contribution is -0.121. The molecular weight excluding hydrogens is 332 g/mol. The molecule has 0 heterocycles. The highest BCUT2D eigenvalue weighted by atomic mass is 32.2. The number of hydrogen-bond acceptors (Lipinski definition) is 3. The van der Waals surface area contributed by atoms with Gasteiger partial charge >= 0.3 is 0 Å². The molecule has 0 atom stereocenters. The van der Waals surface area contributed by atoms with E-state index in [0.717, 1.165) is 13.1 Å². The highest BCUT2D eigenvalue weighted by Crippen LogP contribution is 2.51. The molecule has 0 aromatic heterocycles. The number of guanidine groups is 1. The molecule has 1 aromatic rings. The van der Waals surface area contributed by atoms with Gasteiger partial charge in [-0.3, -0.25) is 4.79 Å². The number of nitrogens with one attached hydrogen (secondary N) is 3.